The van der Waals surface area contributed by atoms with E-state index in [1.165, 1.54) is 0 Å². The number of carbonyl (C=O) groups is 1. The van der Waals surface area contributed by atoms with Gasteiger partial charge >= 0.3 is 0 Å². The van der Waals surface area contributed by atoms with E-state index < -0.39 is 11.0 Å². The van der Waals surface area contributed by atoms with Crippen LogP contribution >= 0.6 is 0 Å². The van der Waals surface area contributed by atoms with Crippen LogP contribution in [0.1, 0.15) is 41.5 Å². The van der Waals surface area contributed by atoms with Gasteiger partial charge in [0.15, 0.2) is 0 Å². The van der Waals surface area contributed by atoms with E-state index >= 15 is 0 Å². The first kappa shape index (κ1) is 15.4. The van der Waals surface area contributed by atoms with E-state index in [4.69, 9.17) is 5.73 Å². The van der Waals surface area contributed by atoms with Crippen molar-refractivity contribution in [2.75, 3.05) is 26.2 Å². The van der Waals surface area contributed by atoms with Gasteiger partial charge in [0.1, 0.15) is 0 Å². The molecule has 1 aliphatic rings. The molecule has 1 saturated heterocycles. The van der Waals surface area contributed by atoms with Gasteiger partial charge < -0.3 is 10.6 Å². The summed E-state index contributed by atoms with van der Waals surface area (Å²) in [7, 11) is 0. The van der Waals surface area contributed by atoms with Gasteiger partial charge in [-0.3, -0.25) is 9.69 Å². The monoisotopic (exact) mass is 255 g/mol. The fourth-order valence-electron chi connectivity index (χ4n) is 2.11. The molecule has 0 aliphatic carbocycles. The molecule has 1 heterocycles. The Balaban J connectivity index is 2.66. The Morgan fingerprint density at radius 2 is 1.50 bits per heavy atom. The van der Waals surface area contributed by atoms with Crippen LogP contribution in [0, 0.1) is 5.41 Å². The third kappa shape index (κ3) is 3.04. The molecule has 2 N–H and O–H groups in total. The van der Waals surface area contributed by atoms with E-state index in [2.05, 4.69) is 18.7 Å². The topological polar surface area (TPSA) is 49.6 Å². The molecule has 0 atom stereocenters. The van der Waals surface area contributed by atoms with Crippen LogP contribution in [0.2, 0.25) is 0 Å². The zero-order valence-electron chi connectivity index (χ0n) is 12.8. The lowest BCUT2D eigenvalue weighted by Crippen LogP contribution is -2.60. The SMILES string of the molecule is CC(C)N1CCN(C(=O)C(C)(C)C(C)(C)N)CC1. The Bertz CT molecular complexity index is 297. The summed E-state index contributed by atoms with van der Waals surface area (Å²) in [6.45, 7) is 15.7. The summed E-state index contributed by atoms with van der Waals surface area (Å²) in [6, 6.07) is 0.557. The first-order valence-electron chi connectivity index (χ1n) is 6.89. The lowest BCUT2D eigenvalue weighted by molar-refractivity contribution is -0.145. The molecule has 0 aromatic carbocycles. The molecule has 0 bridgehead atoms. The van der Waals surface area contributed by atoms with Crippen LogP contribution in [0.15, 0.2) is 0 Å². The molecule has 0 spiro atoms. The summed E-state index contributed by atoms with van der Waals surface area (Å²) in [5.74, 6) is 0.179. The van der Waals surface area contributed by atoms with Gasteiger partial charge in [-0.25, -0.2) is 0 Å². The lowest BCUT2D eigenvalue weighted by atomic mass is 9.74. The highest BCUT2D eigenvalue weighted by Crippen LogP contribution is 2.31. The molecule has 0 saturated carbocycles. The van der Waals surface area contributed by atoms with Crippen LogP contribution in [0.25, 0.3) is 0 Å². The van der Waals surface area contributed by atoms with E-state index in [1.54, 1.807) is 0 Å². The number of hydrogen-bond donors (Lipinski definition) is 1. The smallest absolute Gasteiger partial charge is 0.230 e. The highest BCUT2D eigenvalue weighted by Gasteiger charge is 2.43. The minimum atomic E-state index is -0.521. The predicted octanol–water partition coefficient (Wildman–Crippen LogP) is 1.30. The number of hydrogen-bond acceptors (Lipinski definition) is 3. The Kier molecular flexibility index (Phi) is 4.44. The van der Waals surface area contributed by atoms with Gasteiger partial charge in [0.2, 0.25) is 5.91 Å². The van der Waals surface area contributed by atoms with E-state index in [9.17, 15) is 4.79 Å². The second-order valence-corrected chi connectivity index (χ2v) is 6.77. The molecule has 0 radical (unpaired) electrons. The minimum absolute atomic E-state index is 0.179. The second kappa shape index (κ2) is 5.17. The average Bonchev–Trinajstić information content (AvgIpc) is 2.26. The summed E-state index contributed by atoms with van der Waals surface area (Å²) in [5, 5.41) is 0. The minimum Gasteiger partial charge on any atom is -0.340 e. The first-order valence-corrected chi connectivity index (χ1v) is 6.89. The summed E-state index contributed by atoms with van der Waals surface area (Å²) >= 11 is 0. The molecule has 1 rings (SSSR count). The molecule has 4 nitrogen and oxygen atoms in total. The largest absolute Gasteiger partial charge is 0.340 e. The van der Waals surface area contributed by atoms with Crippen molar-refractivity contribution in [3.8, 4) is 0 Å². The van der Waals surface area contributed by atoms with Crippen LogP contribution in [0.4, 0.5) is 0 Å². The van der Waals surface area contributed by atoms with Gasteiger partial charge in [-0.05, 0) is 41.5 Å². The molecule has 1 fully saturated rings. The maximum atomic E-state index is 12.6. The fourth-order valence-corrected chi connectivity index (χ4v) is 2.11. The van der Waals surface area contributed by atoms with Crippen LogP contribution in [0.5, 0.6) is 0 Å². The van der Waals surface area contributed by atoms with Crippen LogP contribution < -0.4 is 5.73 Å². The number of nitrogens with two attached hydrogens (primary N) is 1. The highest BCUT2D eigenvalue weighted by atomic mass is 16.2. The molecular formula is C14H29N3O. The molecular weight excluding hydrogens is 226 g/mol. The highest BCUT2D eigenvalue weighted by molar-refractivity contribution is 5.83. The van der Waals surface area contributed by atoms with Crippen molar-refractivity contribution in [2.24, 2.45) is 11.1 Å². The zero-order valence-corrected chi connectivity index (χ0v) is 12.8. The van der Waals surface area contributed by atoms with Crippen LogP contribution in [-0.2, 0) is 4.79 Å². The zero-order chi connectivity index (χ0) is 14.1. The van der Waals surface area contributed by atoms with Crippen LogP contribution in [-0.4, -0.2) is 53.5 Å². The van der Waals surface area contributed by atoms with Crippen molar-refractivity contribution < 1.29 is 4.79 Å². The normalized spacial score (nSPS) is 19.4. The Hall–Kier alpha value is -0.610. The molecule has 0 aromatic heterocycles. The standard InChI is InChI=1S/C14H29N3O/c1-11(2)16-7-9-17(10-8-16)12(18)13(3,4)14(5,6)15/h11H,7-10,15H2,1-6H3. The van der Waals surface area contributed by atoms with Gasteiger partial charge in [0, 0.05) is 37.8 Å². The van der Waals surface area contributed by atoms with Crippen molar-refractivity contribution in [3.05, 3.63) is 0 Å². The van der Waals surface area contributed by atoms with Crippen molar-refractivity contribution in [3.63, 3.8) is 0 Å². The van der Waals surface area contributed by atoms with E-state index in [-0.39, 0.29) is 5.91 Å². The predicted molar refractivity (Wildman–Crippen MR) is 75.3 cm³/mol. The molecule has 1 amide bonds. The van der Waals surface area contributed by atoms with Crippen LogP contribution in [0.3, 0.4) is 0 Å². The lowest BCUT2D eigenvalue weighted by Gasteiger charge is -2.44. The average molecular weight is 255 g/mol. The summed E-state index contributed by atoms with van der Waals surface area (Å²) in [4.78, 5) is 16.9. The van der Waals surface area contributed by atoms with Crippen molar-refractivity contribution in [1.29, 1.82) is 0 Å². The number of piperazine rings is 1. The maximum Gasteiger partial charge on any atom is 0.230 e. The Labute approximate surface area is 111 Å². The quantitative estimate of drug-likeness (QED) is 0.827. The Morgan fingerprint density at radius 3 is 1.83 bits per heavy atom. The summed E-state index contributed by atoms with van der Waals surface area (Å²) in [5.41, 5.74) is 5.12. The molecule has 106 valence electrons. The third-order valence-corrected chi connectivity index (χ3v) is 4.48. The third-order valence-electron chi connectivity index (χ3n) is 4.48. The first-order chi connectivity index (χ1) is 8.07. The summed E-state index contributed by atoms with van der Waals surface area (Å²) < 4.78 is 0. The van der Waals surface area contributed by atoms with Gasteiger partial charge in [0.25, 0.3) is 0 Å². The molecule has 4 heteroatoms. The molecule has 18 heavy (non-hydrogen) atoms. The van der Waals surface area contributed by atoms with Crippen molar-refractivity contribution >= 4 is 5.91 Å². The number of nitrogens with zero attached hydrogens (tertiary/aromatic N) is 2. The maximum absolute atomic E-state index is 12.6. The van der Waals surface area contributed by atoms with Gasteiger partial charge in [-0.1, -0.05) is 0 Å². The Morgan fingerprint density at radius 1 is 1.06 bits per heavy atom. The summed E-state index contributed by atoms with van der Waals surface area (Å²) in [6.07, 6.45) is 0. The van der Waals surface area contributed by atoms with Crippen molar-refractivity contribution in [1.82, 2.24) is 9.80 Å². The van der Waals surface area contributed by atoms with Gasteiger partial charge in [-0.15, -0.1) is 0 Å². The number of carbonyl (C=O) groups excluding carboxylic acids is 1. The molecule has 0 aromatic rings. The fraction of sp³-hybridized carbons (Fsp3) is 0.929. The molecule has 0 unspecified atom stereocenters. The molecule has 1 aliphatic heterocycles. The van der Waals surface area contributed by atoms with Gasteiger partial charge in [-0.2, -0.15) is 0 Å². The van der Waals surface area contributed by atoms with E-state index in [0.717, 1.165) is 26.2 Å². The van der Waals surface area contributed by atoms with E-state index in [1.807, 2.05) is 32.6 Å². The van der Waals surface area contributed by atoms with Gasteiger partial charge in [0.05, 0.1) is 5.41 Å². The van der Waals surface area contributed by atoms with Crippen molar-refractivity contribution in [2.45, 2.75) is 53.1 Å². The van der Waals surface area contributed by atoms with E-state index in [0.29, 0.717) is 6.04 Å². The number of amides is 1. The number of rotatable bonds is 3. The second-order valence-electron chi connectivity index (χ2n) is 6.77.